The smallest absolute Gasteiger partial charge is 0.221 e. The van der Waals surface area contributed by atoms with Crippen LogP contribution >= 0.6 is 0 Å². The van der Waals surface area contributed by atoms with Gasteiger partial charge in [0, 0.05) is 23.5 Å². The van der Waals surface area contributed by atoms with Crippen LogP contribution in [0.25, 0.3) is 33.1 Å². The van der Waals surface area contributed by atoms with E-state index in [4.69, 9.17) is 0 Å². The van der Waals surface area contributed by atoms with Gasteiger partial charge in [-0.25, -0.2) is 9.97 Å². The predicted octanol–water partition coefficient (Wildman–Crippen LogP) is 3.22. The summed E-state index contributed by atoms with van der Waals surface area (Å²) >= 11 is 0. The Morgan fingerprint density at radius 1 is 1.10 bits per heavy atom. The molecule has 2 N–H and O–H groups in total. The first-order chi connectivity index (χ1) is 10.2. The quantitative estimate of drug-likeness (QED) is 0.560. The van der Waals surface area contributed by atoms with Crippen LogP contribution in [0.2, 0.25) is 0 Å². The number of H-pyrrole nitrogens is 1. The molecule has 0 aliphatic carbocycles. The molecule has 5 nitrogen and oxygen atoms in total. The van der Waals surface area contributed by atoms with Gasteiger partial charge in [-0.3, -0.25) is 4.79 Å². The molecule has 2 aromatic carbocycles. The molecule has 0 radical (unpaired) electrons. The van der Waals surface area contributed by atoms with E-state index >= 15 is 0 Å². The van der Waals surface area contributed by atoms with Crippen molar-refractivity contribution in [3.8, 4) is 0 Å². The monoisotopic (exact) mass is 276 g/mol. The van der Waals surface area contributed by atoms with Crippen molar-refractivity contribution in [3.05, 3.63) is 42.5 Å². The molecule has 0 saturated heterocycles. The summed E-state index contributed by atoms with van der Waals surface area (Å²) in [6.45, 7) is 1.48. The van der Waals surface area contributed by atoms with Gasteiger partial charge in [0.1, 0.15) is 5.52 Å². The van der Waals surface area contributed by atoms with Gasteiger partial charge in [0.05, 0.1) is 11.0 Å². The molecule has 0 saturated carbocycles. The Morgan fingerprint density at radius 2 is 1.95 bits per heavy atom. The SMILES string of the molecule is CC(=O)Nc1ccc2nc3[nH]c4ccccc4c3nc2c1. The second-order valence-corrected chi connectivity index (χ2v) is 4.98. The average molecular weight is 276 g/mol. The number of para-hydroxylation sites is 1. The lowest BCUT2D eigenvalue weighted by Crippen LogP contribution is -2.05. The number of rotatable bonds is 1. The molecule has 102 valence electrons. The van der Waals surface area contributed by atoms with E-state index in [1.54, 1.807) is 0 Å². The first kappa shape index (κ1) is 11.8. The van der Waals surface area contributed by atoms with E-state index < -0.39 is 0 Å². The lowest BCUT2D eigenvalue weighted by molar-refractivity contribution is -0.114. The van der Waals surface area contributed by atoms with E-state index in [1.165, 1.54) is 6.92 Å². The van der Waals surface area contributed by atoms with Crippen LogP contribution in [0, 0.1) is 0 Å². The van der Waals surface area contributed by atoms with Crippen molar-refractivity contribution in [2.45, 2.75) is 6.92 Å². The van der Waals surface area contributed by atoms with Crippen molar-refractivity contribution in [2.24, 2.45) is 0 Å². The largest absolute Gasteiger partial charge is 0.338 e. The van der Waals surface area contributed by atoms with Crippen molar-refractivity contribution in [3.63, 3.8) is 0 Å². The number of anilines is 1. The second-order valence-electron chi connectivity index (χ2n) is 4.98. The summed E-state index contributed by atoms with van der Waals surface area (Å²) in [6, 6.07) is 13.5. The number of nitrogens with zero attached hydrogens (tertiary/aromatic N) is 2. The summed E-state index contributed by atoms with van der Waals surface area (Å²) in [4.78, 5) is 23.7. The minimum Gasteiger partial charge on any atom is -0.338 e. The number of hydrogen-bond donors (Lipinski definition) is 2. The third-order valence-electron chi connectivity index (χ3n) is 3.42. The number of carbonyl (C=O) groups excluding carboxylic acids is 1. The van der Waals surface area contributed by atoms with Crippen molar-refractivity contribution in [1.29, 1.82) is 0 Å². The van der Waals surface area contributed by atoms with E-state index in [2.05, 4.69) is 20.3 Å². The number of amides is 1. The van der Waals surface area contributed by atoms with Gasteiger partial charge in [0.2, 0.25) is 5.91 Å². The molecule has 4 aromatic rings. The Bertz CT molecular complexity index is 1000. The van der Waals surface area contributed by atoms with Gasteiger partial charge in [-0.1, -0.05) is 18.2 Å². The van der Waals surface area contributed by atoms with Crippen molar-refractivity contribution < 1.29 is 4.79 Å². The highest BCUT2D eigenvalue weighted by Crippen LogP contribution is 2.25. The highest BCUT2D eigenvalue weighted by Gasteiger charge is 2.08. The number of aromatic nitrogens is 3. The van der Waals surface area contributed by atoms with Crippen LogP contribution in [0.3, 0.4) is 0 Å². The van der Waals surface area contributed by atoms with E-state index in [9.17, 15) is 4.79 Å². The number of hydrogen-bond acceptors (Lipinski definition) is 3. The molecule has 2 heterocycles. The summed E-state index contributed by atoms with van der Waals surface area (Å²) in [5.41, 5.74) is 4.92. The fourth-order valence-corrected chi connectivity index (χ4v) is 2.54. The maximum absolute atomic E-state index is 11.1. The van der Waals surface area contributed by atoms with Crippen molar-refractivity contribution in [2.75, 3.05) is 5.32 Å². The minimum absolute atomic E-state index is 0.101. The van der Waals surface area contributed by atoms with Gasteiger partial charge in [-0.05, 0) is 24.3 Å². The first-order valence-electron chi connectivity index (χ1n) is 6.66. The van der Waals surface area contributed by atoms with Crippen LogP contribution in [-0.2, 0) is 4.79 Å². The molecule has 0 unspecified atom stereocenters. The van der Waals surface area contributed by atoms with E-state index in [0.717, 1.165) is 38.8 Å². The van der Waals surface area contributed by atoms with Crippen molar-refractivity contribution >= 4 is 44.7 Å². The number of carbonyl (C=O) groups is 1. The molecular weight excluding hydrogens is 264 g/mol. The van der Waals surface area contributed by atoms with E-state index in [1.807, 2.05) is 42.5 Å². The standard InChI is InChI=1S/C16H12N4O/c1-9(21)17-10-6-7-13-14(8-10)18-15-11-4-2-3-5-12(11)19-16(15)20-13/h2-8H,1H3,(H,17,21)(H,19,20). The van der Waals surface area contributed by atoms with E-state index in [-0.39, 0.29) is 5.91 Å². The lowest BCUT2D eigenvalue weighted by Gasteiger charge is -2.03. The molecule has 0 aliphatic heterocycles. The Labute approximate surface area is 120 Å². The fourth-order valence-electron chi connectivity index (χ4n) is 2.54. The zero-order valence-electron chi connectivity index (χ0n) is 11.3. The summed E-state index contributed by atoms with van der Waals surface area (Å²) in [5, 5.41) is 3.81. The van der Waals surface area contributed by atoms with Crippen molar-refractivity contribution in [1.82, 2.24) is 15.0 Å². The molecule has 0 bridgehead atoms. The van der Waals surface area contributed by atoms with Crippen LogP contribution in [0.1, 0.15) is 6.92 Å². The Balaban J connectivity index is 2.01. The molecule has 0 fully saturated rings. The summed E-state index contributed by atoms with van der Waals surface area (Å²) in [5.74, 6) is -0.101. The summed E-state index contributed by atoms with van der Waals surface area (Å²) in [7, 11) is 0. The molecule has 0 aliphatic rings. The van der Waals surface area contributed by atoms with Gasteiger partial charge < -0.3 is 10.3 Å². The van der Waals surface area contributed by atoms with Crippen LogP contribution in [0.15, 0.2) is 42.5 Å². The Kier molecular flexibility index (Phi) is 2.41. The van der Waals surface area contributed by atoms with Gasteiger partial charge >= 0.3 is 0 Å². The number of benzene rings is 2. The molecule has 21 heavy (non-hydrogen) atoms. The van der Waals surface area contributed by atoms with Gasteiger partial charge in [0.25, 0.3) is 0 Å². The van der Waals surface area contributed by atoms with Crippen LogP contribution in [0.5, 0.6) is 0 Å². The third kappa shape index (κ3) is 1.90. The summed E-state index contributed by atoms with van der Waals surface area (Å²) < 4.78 is 0. The van der Waals surface area contributed by atoms with Crippen LogP contribution < -0.4 is 5.32 Å². The molecule has 1 amide bonds. The number of nitrogens with one attached hydrogen (secondary N) is 2. The topological polar surface area (TPSA) is 70.7 Å². The highest BCUT2D eigenvalue weighted by molar-refractivity contribution is 6.05. The first-order valence-corrected chi connectivity index (χ1v) is 6.66. The molecule has 4 rings (SSSR count). The molecular formula is C16H12N4O. The highest BCUT2D eigenvalue weighted by atomic mass is 16.1. The van der Waals surface area contributed by atoms with Crippen LogP contribution in [-0.4, -0.2) is 20.9 Å². The zero-order valence-corrected chi connectivity index (χ0v) is 11.3. The summed E-state index contributed by atoms with van der Waals surface area (Å²) in [6.07, 6.45) is 0. The lowest BCUT2D eigenvalue weighted by atomic mass is 10.2. The maximum atomic E-state index is 11.1. The average Bonchev–Trinajstić information content (AvgIpc) is 2.82. The van der Waals surface area contributed by atoms with E-state index in [0.29, 0.717) is 0 Å². The molecule has 2 aromatic heterocycles. The Morgan fingerprint density at radius 3 is 2.81 bits per heavy atom. The zero-order chi connectivity index (χ0) is 14.4. The second kappa shape index (κ2) is 4.28. The maximum Gasteiger partial charge on any atom is 0.221 e. The van der Waals surface area contributed by atoms with Crippen LogP contribution in [0.4, 0.5) is 5.69 Å². The minimum atomic E-state index is -0.101. The molecule has 0 spiro atoms. The number of aromatic amines is 1. The van der Waals surface area contributed by atoms with Gasteiger partial charge in [-0.2, -0.15) is 0 Å². The Hall–Kier alpha value is -2.95. The van der Waals surface area contributed by atoms with Gasteiger partial charge in [0.15, 0.2) is 5.65 Å². The molecule has 5 heteroatoms. The fraction of sp³-hybridized carbons (Fsp3) is 0.0625. The molecule has 0 atom stereocenters. The predicted molar refractivity (Wildman–Crippen MR) is 83.2 cm³/mol. The number of fused-ring (bicyclic) bond motifs is 4. The van der Waals surface area contributed by atoms with Gasteiger partial charge in [-0.15, -0.1) is 0 Å². The third-order valence-corrected chi connectivity index (χ3v) is 3.42. The normalized spacial score (nSPS) is 11.3.